The molecule has 0 unspecified atom stereocenters. The lowest BCUT2D eigenvalue weighted by Gasteiger charge is -2.37. The van der Waals surface area contributed by atoms with E-state index < -0.39 is 5.41 Å². The molecule has 0 saturated carbocycles. The van der Waals surface area contributed by atoms with E-state index in [1.807, 2.05) is 76.2 Å². The molecule has 4 nitrogen and oxygen atoms in total. The van der Waals surface area contributed by atoms with Gasteiger partial charge in [0.05, 0.1) is 31.8 Å². The van der Waals surface area contributed by atoms with E-state index in [4.69, 9.17) is 18.9 Å². The van der Waals surface area contributed by atoms with Gasteiger partial charge in [0.15, 0.2) is 0 Å². The van der Waals surface area contributed by atoms with E-state index in [9.17, 15) is 0 Å². The van der Waals surface area contributed by atoms with Crippen molar-refractivity contribution in [3.8, 4) is 23.0 Å². The lowest BCUT2D eigenvalue weighted by Crippen LogP contribution is -2.31. The first-order valence-corrected chi connectivity index (χ1v) is 13.1. The zero-order valence-corrected chi connectivity index (χ0v) is 22.2. The Morgan fingerprint density at radius 3 is 0.703 bits per heavy atom. The monoisotopic (exact) mass is 496 g/mol. The van der Waals surface area contributed by atoms with Crippen LogP contribution < -0.4 is 18.9 Å². The van der Waals surface area contributed by atoms with Crippen LogP contribution in [0.2, 0.25) is 0 Å². The van der Waals surface area contributed by atoms with Crippen LogP contribution in [0.1, 0.15) is 49.9 Å². The van der Waals surface area contributed by atoms with Crippen LogP contribution in [0.3, 0.4) is 0 Å². The van der Waals surface area contributed by atoms with Gasteiger partial charge in [-0.25, -0.2) is 0 Å². The summed E-state index contributed by atoms with van der Waals surface area (Å²) < 4.78 is 23.1. The molecule has 4 aromatic rings. The van der Waals surface area contributed by atoms with Crippen molar-refractivity contribution < 1.29 is 18.9 Å². The van der Waals surface area contributed by atoms with Crippen LogP contribution in [-0.4, -0.2) is 26.4 Å². The Labute approximate surface area is 220 Å². The molecule has 0 aliphatic carbocycles. The van der Waals surface area contributed by atoms with E-state index in [2.05, 4.69) is 48.5 Å². The summed E-state index contributed by atoms with van der Waals surface area (Å²) in [5, 5.41) is 0. The Morgan fingerprint density at radius 2 is 0.541 bits per heavy atom. The molecule has 0 aromatic heterocycles. The maximum absolute atomic E-state index is 5.77. The molecule has 0 N–H and O–H groups in total. The average molecular weight is 497 g/mol. The van der Waals surface area contributed by atoms with Gasteiger partial charge in [-0.1, -0.05) is 48.5 Å². The van der Waals surface area contributed by atoms with Gasteiger partial charge in [-0.15, -0.1) is 0 Å². The first kappa shape index (κ1) is 26.2. The summed E-state index contributed by atoms with van der Waals surface area (Å²) in [4.78, 5) is 0. The lowest BCUT2D eigenvalue weighted by atomic mass is 9.65. The predicted molar refractivity (Wildman–Crippen MR) is 149 cm³/mol. The van der Waals surface area contributed by atoms with Gasteiger partial charge in [-0.05, 0) is 98.5 Å². The highest BCUT2D eigenvalue weighted by Crippen LogP contribution is 2.46. The molecule has 0 bridgehead atoms. The smallest absolute Gasteiger partial charge is 0.119 e. The Morgan fingerprint density at radius 1 is 0.351 bits per heavy atom. The number of benzene rings is 4. The van der Waals surface area contributed by atoms with Gasteiger partial charge < -0.3 is 18.9 Å². The molecule has 0 amide bonds. The van der Waals surface area contributed by atoms with Crippen LogP contribution in [-0.2, 0) is 5.41 Å². The van der Waals surface area contributed by atoms with Crippen molar-refractivity contribution in [2.24, 2.45) is 0 Å². The van der Waals surface area contributed by atoms with Gasteiger partial charge in [0.1, 0.15) is 23.0 Å². The van der Waals surface area contributed by atoms with Gasteiger partial charge >= 0.3 is 0 Å². The first-order valence-electron chi connectivity index (χ1n) is 13.1. The van der Waals surface area contributed by atoms with E-state index in [1.165, 1.54) is 0 Å². The van der Waals surface area contributed by atoms with Crippen molar-refractivity contribution >= 4 is 0 Å². The molecular weight excluding hydrogens is 460 g/mol. The van der Waals surface area contributed by atoms with Crippen molar-refractivity contribution in [2.75, 3.05) is 26.4 Å². The fourth-order valence-electron chi connectivity index (χ4n) is 4.87. The van der Waals surface area contributed by atoms with Crippen LogP contribution in [0.15, 0.2) is 97.1 Å². The highest BCUT2D eigenvalue weighted by atomic mass is 16.5. The Bertz CT molecular complexity index is 1020. The van der Waals surface area contributed by atoms with Crippen molar-refractivity contribution in [1.29, 1.82) is 0 Å². The van der Waals surface area contributed by atoms with Crippen LogP contribution in [0.4, 0.5) is 0 Å². The van der Waals surface area contributed by atoms with E-state index >= 15 is 0 Å². The second-order valence-corrected chi connectivity index (χ2v) is 8.58. The van der Waals surface area contributed by atoms with Crippen LogP contribution >= 0.6 is 0 Å². The maximum atomic E-state index is 5.77. The Kier molecular flexibility index (Phi) is 8.73. The van der Waals surface area contributed by atoms with E-state index in [0.717, 1.165) is 45.3 Å². The summed E-state index contributed by atoms with van der Waals surface area (Å²) in [6.07, 6.45) is 0. The summed E-state index contributed by atoms with van der Waals surface area (Å²) in [5.41, 5.74) is 3.94. The first-order chi connectivity index (χ1) is 18.1. The number of hydrogen-bond donors (Lipinski definition) is 0. The third kappa shape index (κ3) is 5.59. The predicted octanol–water partition coefficient (Wildman–Crippen LogP) is 7.66. The molecule has 0 fully saturated rings. The molecule has 0 radical (unpaired) electrons. The summed E-state index contributed by atoms with van der Waals surface area (Å²) in [7, 11) is 0. The second-order valence-electron chi connectivity index (χ2n) is 8.58. The van der Waals surface area contributed by atoms with Gasteiger partial charge in [-0.2, -0.15) is 0 Å². The molecule has 0 aliphatic rings. The third-order valence-electron chi connectivity index (χ3n) is 6.39. The van der Waals surface area contributed by atoms with Crippen LogP contribution in [0.25, 0.3) is 0 Å². The summed E-state index contributed by atoms with van der Waals surface area (Å²) >= 11 is 0. The molecular formula is C33H36O4. The highest BCUT2D eigenvalue weighted by molar-refractivity contribution is 5.61. The number of rotatable bonds is 12. The zero-order chi connectivity index (χ0) is 26.1. The van der Waals surface area contributed by atoms with Crippen LogP contribution in [0, 0.1) is 0 Å². The number of ether oxygens (including phenoxy) is 4. The van der Waals surface area contributed by atoms with Crippen molar-refractivity contribution in [1.82, 2.24) is 0 Å². The molecule has 4 rings (SSSR count). The maximum Gasteiger partial charge on any atom is 0.119 e. The quantitative estimate of drug-likeness (QED) is 0.189. The van der Waals surface area contributed by atoms with Crippen molar-refractivity contribution in [3.05, 3.63) is 119 Å². The SMILES string of the molecule is CCOc1ccc(C(c2ccc(OCC)cc2)(c2ccc(OCC)cc2)c2ccc(OCC)cc2)cc1. The lowest BCUT2D eigenvalue weighted by molar-refractivity contribution is 0.340. The minimum absolute atomic E-state index is 0.592. The Hall–Kier alpha value is -3.92. The second kappa shape index (κ2) is 12.4. The largest absolute Gasteiger partial charge is 0.494 e. The summed E-state index contributed by atoms with van der Waals surface area (Å²) in [5.74, 6) is 3.41. The van der Waals surface area contributed by atoms with Crippen molar-refractivity contribution in [3.63, 3.8) is 0 Å². The molecule has 0 aliphatic heterocycles. The molecule has 37 heavy (non-hydrogen) atoms. The molecule has 0 heterocycles. The fourth-order valence-corrected chi connectivity index (χ4v) is 4.87. The normalized spacial score (nSPS) is 11.1. The van der Waals surface area contributed by atoms with Gasteiger partial charge in [0, 0.05) is 0 Å². The molecule has 0 atom stereocenters. The van der Waals surface area contributed by atoms with E-state index in [-0.39, 0.29) is 0 Å². The summed E-state index contributed by atoms with van der Waals surface area (Å²) in [6.45, 7) is 10.5. The van der Waals surface area contributed by atoms with Crippen molar-refractivity contribution in [2.45, 2.75) is 33.1 Å². The fraction of sp³-hybridized carbons (Fsp3) is 0.273. The summed E-state index contributed by atoms with van der Waals surface area (Å²) in [6, 6.07) is 33.7. The van der Waals surface area contributed by atoms with Gasteiger partial charge in [0.2, 0.25) is 0 Å². The van der Waals surface area contributed by atoms with E-state index in [0.29, 0.717) is 26.4 Å². The third-order valence-corrected chi connectivity index (χ3v) is 6.39. The molecule has 0 saturated heterocycles. The van der Waals surface area contributed by atoms with Gasteiger partial charge in [0.25, 0.3) is 0 Å². The average Bonchev–Trinajstić information content (AvgIpc) is 2.93. The minimum atomic E-state index is -0.592. The van der Waals surface area contributed by atoms with Crippen LogP contribution in [0.5, 0.6) is 23.0 Å². The zero-order valence-electron chi connectivity index (χ0n) is 22.2. The number of hydrogen-bond acceptors (Lipinski definition) is 4. The topological polar surface area (TPSA) is 36.9 Å². The molecule has 4 aromatic carbocycles. The standard InChI is InChI=1S/C33H36O4/c1-5-34-29-17-9-25(10-18-29)33(26-11-19-30(20-12-26)35-6-2,27-13-21-31(22-14-27)36-7-3)28-15-23-32(24-16-28)37-8-4/h9-24H,5-8H2,1-4H3. The van der Waals surface area contributed by atoms with Gasteiger partial charge in [-0.3, -0.25) is 0 Å². The highest BCUT2D eigenvalue weighted by Gasteiger charge is 2.38. The Balaban J connectivity index is 1.98. The van der Waals surface area contributed by atoms with E-state index in [1.54, 1.807) is 0 Å². The molecule has 192 valence electrons. The molecule has 0 spiro atoms. The minimum Gasteiger partial charge on any atom is -0.494 e. The molecule has 4 heteroatoms.